The Morgan fingerprint density at radius 2 is 1.56 bits per heavy atom. The highest BCUT2D eigenvalue weighted by molar-refractivity contribution is 6.74. The van der Waals surface area contributed by atoms with Crippen LogP contribution in [-0.2, 0) is 4.43 Å². The lowest BCUT2D eigenvalue weighted by molar-refractivity contribution is 0.153. The van der Waals surface area contributed by atoms with Crippen molar-refractivity contribution in [3.05, 3.63) is 0 Å². The molecule has 0 spiro atoms. The third-order valence-corrected chi connectivity index (χ3v) is 9.56. The van der Waals surface area contributed by atoms with E-state index in [-0.39, 0.29) is 0 Å². The van der Waals surface area contributed by atoms with Gasteiger partial charge in [0.2, 0.25) is 0 Å². The van der Waals surface area contributed by atoms with Gasteiger partial charge in [-0.1, -0.05) is 33.6 Å². The third-order valence-electron chi connectivity index (χ3n) is 5.02. The first-order chi connectivity index (χ1) is 8.26. The zero-order valence-electron chi connectivity index (χ0n) is 13.0. The first kappa shape index (κ1) is 16.2. The van der Waals surface area contributed by atoms with Crippen molar-refractivity contribution in [3.63, 3.8) is 0 Å². The van der Waals surface area contributed by atoms with Gasteiger partial charge in [0, 0.05) is 13.2 Å². The third kappa shape index (κ3) is 4.67. The molecule has 1 rings (SSSR count). The summed E-state index contributed by atoms with van der Waals surface area (Å²) in [5.41, 5.74) is 0. The van der Waals surface area contributed by atoms with Crippen LogP contribution in [0.3, 0.4) is 0 Å². The molecule has 0 saturated heterocycles. The highest BCUT2D eigenvalue weighted by Gasteiger charge is 2.37. The molecule has 0 aliphatic heterocycles. The predicted octanol–water partition coefficient (Wildman–Crippen LogP) is 4.20. The van der Waals surface area contributed by atoms with Crippen LogP contribution < -0.4 is 0 Å². The molecule has 3 heteroatoms. The Kier molecular flexibility index (Phi) is 5.88. The zero-order valence-corrected chi connectivity index (χ0v) is 14.0. The van der Waals surface area contributed by atoms with Crippen molar-refractivity contribution in [2.75, 3.05) is 13.2 Å². The Morgan fingerprint density at radius 1 is 1.06 bits per heavy atom. The SMILES string of the molecule is CC(C)(C)[Si](C)(C)OCCC1CCC(CO)CC1. The topological polar surface area (TPSA) is 29.5 Å². The Labute approximate surface area is 114 Å². The second-order valence-corrected chi connectivity index (χ2v) is 12.3. The fourth-order valence-corrected chi connectivity index (χ4v) is 3.46. The van der Waals surface area contributed by atoms with E-state index in [4.69, 9.17) is 9.53 Å². The molecule has 0 bridgehead atoms. The smallest absolute Gasteiger partial charge is 0.191 e. The zero-order chi connectivity index (χ0) is 13.8. The Balaban J connectivity index is 2.23. The van der Waals surface area contributed by atoms with Gasteiger partial charge in [0.1, 0.15) is 0 Å². The molecule has 108 valence electrons. The fraction of sp³-hybridized carbons (Fsp3) is 1.00. The molecule has 0 aromatic carbocycles. The lowest BCUT2D eigenvalue weighted by atomic mass is 9.81. The molecule has 18 heavy (non-hydrogen) atoms. The van der Waals surface area contributed by atoms with Gasteiger partial charge in [0.15, 0.2) is 8.32 Å². The molecule has 1 saturated carbocycles. The average Bonchev–Trinajstić information content (AvgIpc) is 2.28. The molecule has 0 heterocycles. The maximum absolute atomic E-state index is 9.13. The number of hydrogen-bond acceptors (Lipinski definition) is 2. The van der Waals surface area contributed by atoms with E-state index in [0.29, 0.717) is 17.6 Å². The average molecular weight is 273 g/mol. The van der Waals surface area contributed by atoms with Gasteiger partial charge in [-0.05, 0) is 49.2 Å². The predicted molar refractivity (Wildman–Crippen MR) is 80.3 cm³/mol. The van der Waals surface area contributed by atoms with Crippen LogP contribution in [0, 0.1) is 11.8 Å². The molecule has 0 aromatic heterocycles. The van der Waals surface area contributed by atoms with Gasteiger partial charge in [0.25, 0.3) is 0 Å². The highest BCUT2D eigenvalue weighted by atomic mass is 28.4. The minimum absolute atomic E-state index is 0.321. The van der Waals surface area contributed by atoms with Gasteiger partial charge in [-0.15, -0.1) is 0 Å². The first-order valence-electron chi connectivity index (χ1n) is 7.51. The molecule has 1 aliphatic rings. The van der Waals surface area contributed by atoms with Gasteiger partial charge >= 0.3 is 0 Å². The molecule has 2 nitrogen and oxygen atoms in total. The molecule has 0 aromatic rings. The van der Waals surface area contributed by atoms with E-state index in [9.17, 15) is 0 Å². The maximum Gasteiger partial charge on any atom is 0.191 e. The van der Waals surface area contributed by atoms with Gasteiger partial charge in [-0.2, -0.15) is 0 Å². The van der Waals surface area contributed by atoms with Crippen molar-refractivity contribution >= 4 is 8.32 Å². The standard InChI is InChI=1S/C15H32O2Si/c1-15(2,3)18(4,5)17-11-10-13-6-8-14(12-16)9-7-13/h13-14,16H,6-12H2,1-5H3. The summed E-state index contributed by atoms with van der Waals surface area (Å²) in [6.45, 7) is 12.9. The van der Waals surface area contributed by atoms with Gasteiger partial charge in [-0.3, -0.25) is 0 Å². The van der Waals surface area contributed by atoms with E-state index in [0.717, 1.165) is 12.5 Å². The molecular formula is C15H32O2Si. The first-order valence-corrected chi connectivity index (χ1v) is 10.4. The van der Waals surface area contributed by atoms with Crippen molar-refractivity contribution in [2.45, 2.75) is 71.0 Å². The van der Waals surface area contributed by atoms with Crippen molar-refractivity contribution in [1.82, 2.24) is 0 Å². The van der Waals surface area contributed by atoms with Crippen LogP contribution in [0.2, 0.25) is 18.1 Å². The minimum atomic E-state index is -1.55. The van der Waals surface area contributed by atoms with Crippen LogP contribution in [0.5, 0.6) is 0 Å². The maximum atomic E-state index is 9.13. The van der Waals surface area contributed by atoms with Crippen LogP contribution in [0.1, 0.15) is 52.9 Å². The van der Waals surface area contributed by atoms with Crippen molar-refractivity contribution in [3.8, 4) is 0 Å². The van der Waals surface area contributed by atoms with Gasteiger partial charge < -0.3 is 9.53 Å². The molecule has 0 unspecified atom stereocenters. The van der Waals surface area contributed by atoms with Crippen molar-refractivity contribution in [2.24, 2.45) is 11.8 Å². The van der Waals surface area contributed by atoms with Crippen LogP contribution in [-0.4, -0.2) is 26.6 Å². The molecule has 0 atom stereocenters. The molecule has 1 fully saturated rings. The van der Waals surface area contributed by atoms with E-state index < -0.39 is 8.32 Å². The fourth-order valence-electron chi connectivity index (χ4n) is 2.40. The van der Waals surface area contributed by atoms with E-state index in [1.54, 1.807) is 0 Å². The summed E-state index contributed by atoms with van der Waals surface area (Å²) in [5, 5.41) is 9.45. The number of aliphatic hydroxyl groups excluding tert-OH is 1. The van der Waals surface area contributed by atoms with Crippen LogP contribution >= 0.6 is 0 Å². The summed E-state index contributed by atoms with van der Waals surface area (Å²) in [6.07, 6.45) is 6.20. The number of aliphatic hydroxyl groups is 1. The molecule has 1 aliphatic carbocycles. The van der Waals surface area contributed by atoms with E-state index in [1.165, 1.54) is 32.1 Å². The van der Waals surface area contributed by atoms with E-state index in [1.807, 2.05) is 0 Å². The normalized spacial score (nSPS) is 26.3. The summed E-state index contributed by atoms with van der Waals surface area (Å²) in [5.74, 6) is 1.40. The van der Waals surface area contributed by atoms with Crippen molar-refractivity contribution < 1.29 is 9.53 Å². The summed E-state index contributed by atoms with van der Waals surface area (Å²) in [6, 6.07) is 0. The Morgan fingerprint density at radius 3 is 2.00 bits per heavy atom. The minimum Gasteiger partial charge on any atom is -0.417 e. The Bertz CT molecular complexity index is 237. The van der Waals surface area contributed by atoms with Gasteiger partial charge in [0.05, 0.1) is 0 Å². The quantitative estimate of drug-likeness (QED) is 0.760. The largest absolute Gasteiger partial charge is 0.417 e. The Hall–Kier alpha value is 0.137. The summed E-state index contributed by atoms with van der Waals surface area (Å²) >= 11 is 0. The second-order valence-electron chi connectivity index (χ2n) is 7.47. The summed E-state index contributed by atoms with van der Waals surface area (Å²) < 4.78 is 6.24. The molecule has 0 amide bonds. The van der Waals surface area contributed by atoms with Gasteiger partial charge in [-0.25, -0.2) is 0 Å². The lowest BCUT2D eigenvalue weighted by Gasteiger charge is -2.37. The molecular weight excluding hydrogens is 240 g/mol. The number of hydrogen-bond donors (Lipinski definition) is 1. The monoisotopic (exact) mass is 272 g/mol. The summed E-state index contributed by atoms with van der Waals surface area (Å²) in [4.78, 5) is 0. The molecule has 1 N–H and O–H groups in total. The van der Waals surface area contributed by atoms with Crippen molar-refractivity contribution in [1.29, 1.82) is 0 Å². The van der Waals surface area contributed by atoms with E-state index in [2.05, 4.69) is 33.9 Å². The summed E-state index contributed by atoms with van der Waals surface area (Å²) in [7, 11) is -1.55. The van der Waals surface area contributed by atoms with Crippen LogP contribution in [0.25, 0.3) is 0 Å². The van der Waals surface area contributed by atoms with Crippen LogP contribution in [0.4, 0.5) is 0 Å². The molecule has 0 radical (unpaired) electrons. The lowest BCUT2D eigenvalue weighted by Crippen LogP contribution is -2.41. The second kappa shape index (κ2) is 6.53. The van der Waals surface area contributed by atoms with E-state index >= 15 is 0 Å². The number of rotatable bonds is 5. The van der Waals surface area contributed by atoms with Crippen LogP contribution in [0.15, 0.2) is 0 Å². The highest BCUT2D eigenvalue weighted by Crippen LogP contribution is 2.37.